The number of hydrogen-bond acceptors (Lipinski definition) is 1. The van der Waals surface area contributed by atoms with Gasteiger partial charge in [-0.3, -0.25) is 4.79 Å². The molecule has 3 unspecified atom stereocenters. The van der Waals surface area contributed by atoms with Crippen LogP contribution in [0.3, 0.4) is 0 Å². The number of carbonyl (C=O) groups excluding carboxylic acids is 1. The predicted octanol–water partition coefficient (Wildman–Crippen LogP) is 3.35. The minimum Gasteiger partial charge on any atom is -0.299 e. The highest BCUT2D eigenvalue weighted by Gasteiger charge is 2.59. The second kappa shape index (κ2) is 2.71. The number of fused-ring (bicyclic) bond motifs is 1. The van der Waals surface area contributed by atoms with Crippen molar-refractivity contribution in [3.05, 3.63) is 12.2 Å². The number of Topliss-reactive ketones (excluding diaryl/α,β-unsaturated/α-hetero) is 1. The van der Waals surface area contributed by atoms with E-state index in [1.54, 1.807) is 0 Å². The van der Waals surface area contributed by atoms with E-state index in [4.69, 9.17) is 0 Å². The third-order valence-electron chi connectivity index (χ3n) is 5.25. The summed E-state index contributed by atoms with van der Waals surface area (Å²) in [5.74, 6) is 1.09. The molecular formula is C13H20O. The summed E-state index contributed by atoms with van der Waals surface area (Å²) < 4.78 is 0. The lowest BCUT2D eigenvalue weighted by atomic mass is 9.54. The third-order valence-corrected chi connectivity index (χ3v) is 5.25. The monoisotopic (exact) mass is 192 g/mol. The predicted molar refractivity (Wildman–Crippen MR) is 58.0 cm³/mol. The first kappa shape index (κ1) is 9.95. The van der Waals surface area contributed by atoms with Crippen LogP contribution in [-0.2, 0) is 4.79 Å². The van der Waals surface area contributed by atoms with Gasteiger partial charge in [-0.25, -0.2) is 0 Å². The van der Waals surface area contributed by atoms with E-state index in [0.29, 0.717) is 11.7 Å². The first-order chi connectivity index (χ1) is 6.43. The highest BCUT2D eigenvalue weighted by atomic mass is 16.1. The van der Waals surface area contributed by atoms with Gasteiger partial charge in [0, 0.05) is 6.42 Å². The first-order valence-electron chi connectivity index (χ1n) is 5.64. The van der Waals surface area contributed by atoms with Crippen molar-refractivity contribution in [2.45, 2.75) is 46.5 Å². The van der Waals surface area contributed by atoms with Gasteiger partial charge in [0.2, 0.25) is 0 Å². The van der Waals surface area contributed by atoms with Gasteiger partial charge in [0.05, 0.1) is 5.41 Å². The average Bonchev–Trinajstić information content (AvgIpc) is 2.39. The maximum Gasteiger partial charge on any atom is 0.143 e. The fourth-order valence-electron chi connectivity index (χ4n) is 3.49. The van der Waals surface area contributed by atoms with Crippen LogP contribution in [0.2, 0.25) is 0 Å². The third kappa shape index (κ3) is 0.884. The van der Waals surface area contributed by atoms with E-state index in [9.17, 15) is 4.79 Å². The maximum absolute atomic E-state index is 12.1. The van der Waals surface area contributed by atoms with Gasteiger partial charge in [-0.05, 0) is 37.5 Å². The van der Waals surface area contributed by atoms with Crippen molar-refractivity contribution >= 4 is 5.78 Å². The largest absolute Gasteiger partial charge is 0.299 e. The summed E-state index contributed by atoms with van der Waals surface area (Å²) in [7, 11) is 0. The fourth-order valence-corrected chi connectivity index (χ4v) is 3.49. The Morgan fingerprint density at radius 3 is 2.57 bits per heavy atom. The molecule has 0 aromatic carbocycles. The number of carbonyl (C=O) groups is 1. The quantitative estimate of drug-likeness (QED) is 0.538. The molecule has 0 amide bonds. The van der Waals surface area contributed by atoms with Crippen LogP contribution in [0.5, 0.6) is 0 Å². The topological polar surface area (TPSA) is 17.1 Å². The molecule has 2 rings (SSSR count). The van der Waals surface area contributed by atoms with Crippen LogP contribution in [0.15, 0.2) is 12.2 Å². The summed E-state index contributed by atoms with van der Waals surface area (Å²) in [6.07, 6.45) is 4.02. The lowest BCUT2D eigenvalue weighted by Gasteiger charge is -2.48. The van der Waals surface area contributed by atoms with Crippen molar-refractivity contribution in [3.63, 3.8) is 0 Å². The van der Waals surface area contributed by atoms with Gasteiger partial charge in [0.1, 0.15) is 5.78 Å². The number of rotatable bonds is 0. The summed E-state index contributed by atoms with van der Waals surface area (Å²) >= 11 is 0. The summed E-state index contributed by atoms with van der Waals surface area (Å²) in [6.45, 7) is 10.8. The normalized spacial score (nSPS) is 48.1. The number of ketones is 1. The molecule has 2 aliphatic carbocycles. The van der Waals surface area contributed by atoms with Gasteiger partial charge < -0.3 is 0 Å². The van der Waals surface area contributed by atoms with E-state index in [0.717, 1.165) is 25.7 Å². The molecule has 0 aliphatic heterocycles. The van der Waals surface area contributed by atoms with Crippen LogP contribution >= 0.6 is 0 Å². The molecule has 0 N–H and O–H groups in total. The van der Waals surface area contributed by atoms with Gasteiger partial charge >= 0.3 is 0 Å². The number of allylic oxidation sites excluding steroid dienone is 1. The van der Waals surface area contributed by atoms with E-state index in [2.05, 4.69) is 27.4 Å². The molecule has 0 radical (unpaired) electrons. The van der Waals surface area contributed by atoms with Crippen LogP contribution in [-0.4, -0.2) is 5.78 Å². The molecule has 1 nitrogen and oxygen atoms in total. The molecule has 0 heterocycles. The van der Waals surface area contributed by atoms with Crippen molar-refractivity contribution in [2.75, 3.05) is 0 Å². The standard InChI is InChI=1S/C13H20O/c1-9-5-6-11(14)13(4)10(2)7-8-12(9,13)3/h9H,2,5-8H2,1,3-4H3. The molecule has 3 atom stereocenters. The Morgan fingerprint density at radius 1 is 1.36 bits per heavy atom. The molecule has 2 aliphatic rings. The maximum atomic E-state index is 12.1. The molecule has 0 spiro atoms. The van der Waals surface area contributed by atoms with Crippen LogP contribution in [0.1, 0.15) is 46.5 Å². The summed E-state index contributed by atoms with van der Waals surface area (Å²) in [6, 6.07) is 0. The minimum atomic E-state index is -0.218. The van der Waals surface area contributed by atoms with E-state index in [1.807, 2.05) is 0 Å². The minimum absolute atomic E-state index is 0.180. The summed E-state index contributed by atoms with van der Waals surface area (Å²) in [5, 5.41) is 0. The Labute approximate surface area is 86.6 Å². The molecule has 0 saturated heterocycles. The molecular weight excluding hydrogens is 172 g/mol. The zero-order valence-electron chi connectivity index (χ0n) is 9.52. The summed E-state index contributed by atoms with van der Waals surface area (Å²) in [5.41, 5.74) is 1.14. The SMILES string of the molecule is C=C1CCC2(C)C(C)CCC(=O)C12C. The molecule has 0 aromatic rings. The van der Waals surface area contributed by atoms with Crippen LogP contribution in [0, 0.1) is 16.7 Å². The molecule has 0 aromatic heterocycles. The zero-order valence-corrected chi connectivity index (χ0v) is 9.52. The Hall–Kier alpha value is -0.590. The van der Waals surface area contributed by atoms with Crippen molar-refractivity contribution < 1.29 is 4.79 Å². The molecule has 2 fully saturated rings. The van der Waals surface area contributed by atoms with Gasteiger partial charge in [-0.2, -0.15) is 0 Å². The first-order valence-corrected chi connectivity index (χ1v) is 5.64. The molecule has 78 valence electrons. The van der Waals surface area contributed by atoms with Crippen LogP contribution < -0.4 is 0 Å². The zero-order chi connectivity index (χ0) is 10.6. The lowest BCUT2D eigenvalue weighted by Crippen LogP contribution is -2.48. The average molecular weight is 192 g/mol. The van der Waals surface area contributed by atoms with E-state index in [-0.39, 0.29) is 10.8 Å². The van der Waals surface area contributed by atoms with Crippen LogP contribution in [0.25, 0.3) is 0 Å². The summed E-state index contributed by atoms with van der Waals surface area (Å²) in [4.78, 5) is 12.1. The van der Waals surface area contributed by atoms with Gasteiger partial charge in [-0.15, -0.1) is 0 Å². The molecule has 1 heteroatoms. The van der Waals surface area contributed by atoms with Gasteiger partial charge in [-0.1, -0.05) is 26.0 Å². The van der Waals surface area contributed by atoms with E-state index >= 15 is 0 Å². The molecule has 0 bridgehead atoms. The fraction of sp³-hybridized carbons (Fsp3) is 0.769. The van der Waals surface area contributed by atoms with E-state index in [1.165, 1.54) is 5.57 Å². The Balaban J connectivity index is 2.51. The Bertz CT molecular complexity index is 304. The second-order valence-corrected chi connectivity index (χ2v) is 5.51. The van der Waals surface area contributed by atoms with Crippen molar-refractivity contribution in [1.82, 2.24) is 0 Å². The number of hydrogen-bond donors (Lipinski definition) is 0. The van der Waals surface area contributed by atoms with Gasteiger partial charge in [0.15, 0.2) is 0 Å². The molecule has 14 heavy (non-hydrogen) atoms. The molecule has 2 saturated carbocycles. The smallest absolute Gasteiger partial charge is 0.143 e. The highest BCUT2D eigenvalue weighted by molar-refractivity contribution is 5.90. The Kier molecular flexibility index (Phi) is 1.93. The van der Waals surface area contributed by atoms with Crippen LogP contribution in [0.4, 0.5) is 0 Å². The van der Waals surface area contributed by atoms with Crippen molar-refractivity contribution in [1.29, 1.82) is 0 Å². The highest BCUT2D eigenvalue weighted by Crippen LogP contribution is 2.63. The van der Waals surface area contributed by atoms with Crippen molar-refractivity contribution in [2.24, 2.45) is 16.7 Å². The lowest BCUT2D eigenvalue weighted by molar-refractivity contribution is -0.137. The second-order valence-electron chi connectivity index (χ2n) is 5.51. The van der Waals surface area contributed by atoms with E-state index < -0.39 is 0 Å². The Morgan fingerprint density at radius 2 is 2.00 bits per heavy atom. The van der Waals surface area contributed by atoms with Crippen molar-refractivity contribution in [3.8, 4) is 0 Å². The van der Waals surface area contributed by atoms with Gasteiger partial charge in [0.25, 0.3) is 0 Å².